The Labute approximate surface area is 105 Å². The molecule has 0 saturated carbocycles. The summed E-state index contributed by atoms with van der Waals surface area (Å²) < 4.78 is 33.2. The number of rotatable bonds is 0. The van der Waals surface area contributed by atoms with E-state index in [1.165, 1.54) is 0 Å². The van der Waals surface area contributed by atoms with Crippen LogP contribution in [0.25, 0.3) is 0 Å². The van der Waals surface area contributed by atoms with Crippen LogP contribution in [0.15, 0.2) is 0 Å². The first-order valence-electron chi connectivity index (χ1n) is 2.82. The molecule has 0 aromatic heterocycles. The van der Waals surface area contributed by atoms with Crippen LogP contribution in [-0.4, -0.2) is 55.4 Å². The minimum Gasteiger partial charge on any atom is -0.312 e. The van der Waals surface area contributed by atoms with E-state index in [2.05, 4.69) is 0 Å². The molecule has 0 amide bonds. The van der Waals surface area contributed by atoms with Crippen molar-refractivity contribution in [3.05, 3.63) is 0 Å². The second-order valence-electron chi connectivity index (χ2n) is 1.89. The monoisotopic (exact) mass is 281 g/mol. The molecule has 0 fully saturated rings. The summed E-state index contributed by atoms with van der Waals surface area (Å²) in [6.45, 7) is 0. The Balaban J connectivity index is -0.0000000174. The van der Waals surface area contributed by atoms with Crippen molar-refractivity contribution in [3.8, 4) is 0 Å². The molecule has 0 radical (unpaired) electrons. The van der Waals surface area contributed by atoms with Gasteiger partial charge in [0, 0.05) is 0 Å². The zero-order valence-corrected chi connectivity index (χ0v) is 10.8. The normalized spacial score (nSPS) is 5.20. The molecule has 8 heteroatoms. The molecular weight excluding hydrogens is 258 g/mol. The first kappa shape index (κ1) is 36.3. The maximum atomic E-state index is 8.29. The zero-order valence-electron chi connectivity index (χ0n) is 8.30. The fraction of sp³-hybridized carbons (Fsp3) is 1.00. The van der Waals surface area contributed by atoms with Crippen molar-refractivity contribution in [3.63, 3.8) is 0 Å². The number of hydrogen-bond donors (Lipinski definition) is 0. The lowest BCUT2D eigenvalue weighted by molar-refractivity contribution is 0.505. The van der Waals surface area contributed by atoms with E-state index >= 15 is 0 Å². The van der Waals surface area contributed by atoms with Gasteiger partial charge in [-0.1, -0.05) is 14.9 Å². The third-order valence-corrected chi connectivity index (χ3v) is 0. The summed E-state index contributed by atoms with van der Waals surface area (Å²) in [5.74, 6) is 0. The van der Waals surface area contributed by atoms with Gasteiger partial charge in [-0.3, -0.25) is 0 Å². The second kappa shape index (κ2) is 66.1. The molecule has 15 heavy (non-hydrogen) atoms. The van der Waals surface area contributed by atoms with Crippen molar-refractivity contribution in [1.29, 1.82) is 0 Å². The SMILES string of the molecule is C.C.CN(C)C.CSC.O=S=O.O=S=O. The van der Waals surface area contributed by atoms with Crippen LogP contribution in [0, 0.1) is 0 Å². The maximum Gasteiger partial charge on any atom is 0.335 e. The Hall–Kier alpha value is -0.0500. The van der Waals surface area contributed by atoms with E-state index in [9.17, 15) is 0 Å². The van der Waals surface area contributed by atoms with Gasteiger partial charge in [0.25, 0.3) is 0 Å². The first-order valence-corrected chi connectivity index (χ1v) is 5.79. The highest BCUT2D eigenvalue weighted by molar-refractivity contribution is 7.97. The maximum absolute atomic E-state index is 8.29. The van der Waals surface area contributed by atoms with Gasteiger partial charge in [-0.15, -0.1) is 0 Å². The first-order chi connectivity index (χ1) is 5.97. The number of nitrogens with zero attached hydrogens (tertiary/aromatic N) is 1. The minimum absolute atomic E-state index is 0. The summed E-state index contributed by atoms with van der Waals surface area (Å²) in [5.41, 5.74) is 0. The molecular formula is C7H23NO4S3. The standard InChI is InChI=1S/C3H9N.C2H6S.2CH4.2O2S/c1-4(2)3;1-3-2;;;2*1-3-2/h1-3H3;1-2H3;2*1H4;;. The van der Waals surface area contributed by atoms with E-state index < -0.39 is 23.1 Å². The lowest BCUT2D eigenvalue weighted by atomic mass is 11.0. The fourth-order valence-corrected chi connectivity index (χ4v) is 0. The summed E-state index contributed by atoms with van der Waals surface area (Å²) in [5, 5.41) is 0. The number of thioether (sulfide) groups is 1. The molecule has 0 aliphatic rings. The Kier molecular flexibility index (Phi) is 160. The van der Waals surface area contributed by atoms with Crippen LogP contribution in [0.3, 0.4) is 0 Å². The minimum atomic E-state index is -0.750. The molecule has 0 rings (SSSR count). The fourth-order valence-electron chi connectivity index (χ4n) is 0. The van der Waals surface area contributed by atoms with E-state index in [1.807, 2.05) is 38.6 Å². The van der Waals surface area contributed by atoms with Crippen molar-refractivity contribution in [2.75, 3.05) is 33.7 Å². The highest BCUT2D eigenvalue weighted by Crippen LogP contribution is 1.70. The van der Waals surface area contributed by atoms with E-state index in [0.717, 1.165) is 0 Å². The van der Waals surface area contributed by atoms with E-state index in [-0.39, 0.29) is 14.9 Å². The van der Waals surface area contributed by atoms with Crippen molar-refractivity contribution in [2.45, 2.75) is 14.9 Å². The van der Waals surface area contributed by atoms with Gasteiger partial charge in [-0.05, 0) is 33.7 Å². The molecule has 0 aliphatic heterocycles. The third kappa shape index (κ3) is 797000. The van der Waals surface area contributed by atoms with Gasteiger partial charge in [0.15, 0.2) is 0 Å². The van der Waals surface area contributed by atoms with Gasteiger partial charge < -0.3 is 4.90 Å². The molecule has 0 bridgehead atoms. The summed E-state index contributed by atoms with van der Waals surface area (Å²) in [7, 11) is 6.00. The Morgan fingerprint density at radius 2 is 0.733 bits per heavy atom. The van der Waals surface area contributed by atoms with Crippen LogP contribution in [0.1, 0.15) is 14.9 Å². The van der Waals surface area contributed by atoms with Gasteiger partial charge in [0.05, 0.1) is 0 Å². The van der Waals surface area contributed by atoms with Gasteiger partial charge >= 0.3 is 23.1 Å². The van der Waals surface area contributed by atoms with Crippen molar-refractivity contribution >= 4 is 34.9 Å². The number of hydrogen-bond acceptors (Lipinski definition) is 6. The Morgan fingerprint density at radius 1 is 0.733 bits per heavy atom. The van der Waals surface area contributed by atoms with E-state index in [0.29, 0.717) is 0 Å². The quantitative estimate of drug-likeness (QED) is 0.662. The summed E-state index contributed by atoms with van der Waals surface area (Å²) in [6, 6.07) is 0. The van der Waals surface area contributed by atoms with Gasteiger partial charge in [0.1, 0.15) is 0 Å². The lowest BCUT2D eigenvalue weighted by Gasteiger charge is -1.90. The predicted octanol–water partition coefficient (Wildman–Crippen LogP) is 1.09. The second-order valence-corrected chi connectivity index (χ2v) is 2.97. The summed E-state index contributed by atoms with van der Waals surface area (Å²) in [6.07, 6.45) is 4.08. The average Bonchev–Trinajstić information content (AvgIpc) is 1.88. The van der Waals surface area contributed by atoms with Crippen molar-refractivity contribution in [2.24, 2.45) is 0 Å². The largest absolute Gasteiger partial charge is 0.335 e. The summed E-state index contributed by atoms with van der Waals surface area (Å²) in [4.78, 5) is 2.00. The molecule has 98 valence electrons. The molecule has 0 spiro atoms. The Bertz CT molecular complexity index is 117. The van der Waals surface area contributed by atoms with Crippen LogP contribution in [0.2, 0.25) is 0 Å². The average molecular weight is 281 g/mol. The van der Waals surface area contributed by atoms with Gasteiger partial charge in [-0.25, -0.2) is 0 Å². The molecule has 0 N–H and O–H groups in total. The smallest absolute Gasteiger partial charge is 0.312 e. The van der Waals surface area contributed by atoms with Crippen LogP contribution < -0.4 is 0 Å². The molecule has 0 unspecified atom stereocenters. The van der Waals surface area contributed by atoms with Crippen LogP contribution in [0.5, 0.6) is 0 Å². The van der Waals surface area contributed by atoms with Crippen molar-refractivity contribution < 1.29 is 16.8 Å². The van der Waals surface area contributed by atoms with E-state index in [4.69, 9.17) is 16.8 Å². The van der Waals surface area contributed by atoms with Crippen LogP contribution in [0.4, 0.5) is 0 Å². The predicted molar refractivity (Wildman–Crippen MR) is 70.4 cm³/mol. The van der Waals surface area contributed by atoms with Gasteiger partial charge in [-0.2, -0.15) is 28.6 Å². The topological polar surface area (TPSA) is 71.5 Å². The van der Waals surface area contributed by atoms with Crippen LogP contribution in [-0.2, 0) is 23.1 Å². The molecule has 0 saturated heterocycles. The summed E-state index contributed by atoms with van der Waals surface area (Å²) >= 11 is 0.250. The van der Waals surface area contributed by atoms with Crippen LogP contribution >= 0.6 is 11.8 Å². The van der Waals surface area contributed by atoms with E-state index in [1.54, 1.807) is 11.8 Å². The van der Waals surface area contributed by atoms with Gasteiger partial charge in [0.2, 0.25) is 0 Å². The zero-order chi connectivity index (χ0) is 11.7. The lowest BCUT2D eigenvalue weighted by Crippen LogP contribution is -1.99. The molecule has 0 aliphatic carbocycles. The molecule has 0 aromatic carbocycles. The highest BCUT2D eigenvalue weighted by atomic mass is 32.2. The van der Waals surface area contributed by atoms with Crippen molar-refractivity contribution in [1.82, 2.24) is 4.90 Å². The third-order valence-electron chi connectivity index (χ3n) is 0. The Morgan fingerprint density at radius 3 is 0.733 bits per heavy atom. The molecule has 0 atom stereocenters. The molecule has 0 heterocycles. The molecule has 0 aromatic rings. The highest BCUT2D eigenvalue weighted by Gasteiger charge is 1.58. The molecule has 5 nitrogen and oxygen atoms in total.